The molecule has 1 aromatic rings. The van der Waals surface area contributed by atoms with Gasteiger partial charge in [0.25, 0.3) is 10.1 Å². The van der Waals surface area contributed by atoms with E-state index in [0.29, 0.717) is 0 Å². The first kappa shape index (κ1) is 17.3. The molecule has 1 fully saturated rings. The summed E-state index contributed by atoms with van der Waals surface area (Å²) in [6.45, 7) is 1.19. The Morgan fingerprint density at radius 2 is 1.64 bits per heavy atom. The van der Waals surface area contributed by atoms with Gasteiger partial charge in [-0.1, -0.05) is 17.7 Å². The van der Waals surface area contributed by atoms with E-state index >= 15 is 0 Å². The molecule has 1 aromatic carbocycles. The van der Waals surface area contributed by atoms with E-state index in [1.165, 1.54) is 12.1 Å². The molecule has 1 aliphatic rings. The predicted molar refractivity (Wildman–Crippen MR) is 73.2 cm³/mol. The monoisotopic (exact) mass is 334 g/mol. The Kier molecular flexibility index (Phi) is 5.17. The number of aryl methyl sites for hydroxylation is 1. The van der Waals surface area contributed by atoms with Crippen molar-refractivity contribution in [2.45, 2.75) is 42.5 Å². The van der Waals surface area contributed by atoms with Gasteiger partial charge in [0.2, 0.25) is 0 Å². The summed E-state index contributed by atoms with van der Waals surface area (Å²) in [7, 11) is -4.07. The van der Waals surface area contributed by atoms with Gasteiger partial charge in [0, 0.05) is 0 Å². The molecule has 0 aliphatic carbocycles. The summed E-state index contributed by atoms with van der Waals surface area (Å²) >= 11 is 0. The van der Waals surface area contributed by atoms with Gasteiger partial charge in [-0.3, -0.25) is 4.18 Å². The van der Waals surface area contributed by atoms with Crippen LogP contribution in [0.1, 0.15) is 5.56 Å². The molecule has 5 atom stereocenters. The van der Waals surface area contributed by atoms with E-state index in [4.69, 9.17) is 8.92 Å². The second-order valence-electron chi connectivity index (χ2n) is 5.09. The molecular weight excluding hydrogens is 316 g/mol. The number of rotatable bonds is 4. The third-order valence-corrected chi connectivity index (χ3v) is 4.68. The molecule has 1 unspecified atom stereocenters. The van der Waals surface area contributed by atoms with Crippen LogP contribution >= 0.6 is 0 Å². The number of hydrogen-bond donors (Lipinski definition) is 4. The zero-order valence-electron chi connectivity index (χ0n) is 11.7. The first-order chi connectivity index (χ1) is 10.2. The van der Waals surface area contributed by atoms with E-state index in [0.717, 1.165) is 5.56 Å². The summed E-state index contributed by atoms with van der Waals surface area (Å²) in [4.78, 5) is -0.0652. The molecule has 0 aromatic heterocycles. The highest BCUT2D eigenvalue weighted by atomic mass is 32.2. The smallest absolute Gasteiger partial charge is 0.297 e. The fourth-order valence-electron chi connectivity index (χ4n) is 2.00. The summed E-state index contributed by atoms with van der Waals surface area (Å²) in [5.74, 6) is 0. The average Bonchev–Trinajstić information content (AvgIpc) is 2.48. The van der Waals surface area contributed by atoms with E-state index < -0.39 is 47.4 Å². The number of aliphatic hydroxyl groups is 4. The van der Waals surface area contributed by atoms with Crippen molar-refractivity contribution < 1.29 is 37.8 Å². The van der Waals surface area contributed by atoms with Crippen molar-refractivity contribution in [2.24, 2.45) is 0 Å². The van der Waals surface area contributed by atoms with Crippen LogP contribution in [0.5, 0.6) is 0 Å². The quantitative estimate of drug-likeness (QED) is 0.489. The van der Waals surface area contributed by atoms with Crippen LogP contribution in [0.4, 0.5) is 0 Å². The van der Waals surface area contributed by atoms with Crippen molar-refractivity contribution in [2.75, 3.05) is 6.61 Å². The molecule has 9 heteroatoms. The van der Waals surface area contributed by atoms with Crippen molar-refractivity contribution in [1.82, 2.24) is 0 Å². The van der Waals surface area contributed by atoms with E-state index in [2.05, 4.69) is 0 Å². The van der Waals surface area contributed by atoms with Gasteiger partial charge in [-0.2, -0.15) is 8.42 Å². The maximum atomic E-state index is 12.0. The van der Waals surface area contributed by atoms with Crippen LogP contribution in [0, 0.1) is 6.92 Å². The zero-order valence-corrected chi connectivity index (χ0v) is 12.5. The first-order valence-electron chi connectivity index (χ1n) is 6.56. The van der Waals surface area contributed by atoms with Crippen LogP contribution in [0.25, 0.3) is 0 Å². The highest BCUT2D eigenvalue weighted by Gasteiger charge is 2.43. The fourth-order valence-corrected chi connectivity index (χ4v) is 2.92. The summed E-state index contributed by atoms with van der Waals surface area (Å²) in [5, 5.41) is 37.9. The molecule has 2 rings (SSSR count). The summed E-state index contributed by atoms with van der Waals surface area (Å²) in [5.41, 5.74) is 0.880. The highest BCUT2D eigenvalue weighted by molar-refractivity contribution is 7.86. The topological polar surface area (TPSA) is 134 Å². The normalized spacial score (nSPS) is 32.9. The van der Waals surface area contributed by atoms with Crippen molar-refractivity contribution in [1.29, 1.82) is 0 Å². The molecule has 4 N–H and O–H groups in total. The van der Waals surface area contributed by atoms with Crippen LogP contribution in [0.2, 0.25) is 0 Å². The Labute approximate surface area is 127 Å². The fraction of sp³-hybridized carbons (Fsp3) is 0.538. The number of benzene rings is 1. The maximum absolute atomic E-state index is 12.0. The third-order valence-electron chi connectivity index (χ3n) is 3.38. The van der Waals surface area contributed by atoms with Gasteiger partial charge in [0.1, 0.15) is 24.4 Å². The molecule has 22 heavy (non-hydrogen) atoms. The molecule has 1 saturated heterocycles. The Balaban J connectivity index is 2.04. The van der Waals surface area contributed by atoms with Crippen LogP contribution in [0.3, 0.4) is 0 Å². The second-order valence-corrected chi connectivity index (χ2v) is 6.70. The van der Waals surface area contributed by atoms with Gasteiger partial charge in [-0.25, -0.2) is 0 Å². The standard InChI is InChI=1S/C13H18O8S/c1-7-2-4-8(5-3-7)22(18,19)20-6-9-10(14)11(15)12(16)13(17)21-9/h2-5,9-17H,6H2,1H3/t9-,10+,11+,12-,13?/m0/s1. The Morgan fingerprint density at radius 3 is 2.23 bits per heavy atom. The minimum Gasteiger partial charge on any atom is -0.387 e. The Morgan fingerprint density at radius 1 is 1.05 bits per heavy atom. The molecule has 0 spiro atoms. The minimum atomic E-state index is -4.07. The second kappa shape index (κ2) is 6.59. The molecule has 0 saturated carbocycles. The number of hydrogen-bond acceptors (Lipinski definition) is 8. The molecule has 0 radical (unpaired) electrons. The Hall–Kier alpha value is -1.07. The number of aliphatic hydroxyl groups excluding tert-OH is 4. The summed E-state index contributed by atoms with van der Waals surface area (Å²) in [6, 6.07) is 5.95. The molecule has 8 nitrogen and oxygen atoms in total. The van der Waals surface area contributed by atoms with Gasteiger partial charge in [-0.05, 0) is 19.1 Å². The zero-order chi connectivity index (χ0) is 16.5. The predicted octanol–water partition coefficient (Wildman–Crippen LogP) is -1.50. The number of ether oxygens (including phenoxy) is 1. The van der Waals surface area contributed by atoms with Crippen LogP contribution < -0.4 is 0 Å². The summed E-state index contributed by atoms with van der Waals surface area (Å²) in [6.07, 6.45) is -7.98. The van der Waals surface area contributed by atoms with E-state index in [-0.39, 0.29) is 4.90 Å². The first-order valence-corrected chi connectivity index (χ1v) is 7.97. The van der Waals surface area contributed by atoms with Gasteiger partial charge in [0.15, 0.2) is 6.29 Å². The summed E-state index contributed by atoms with van der Waals surface area (Å²) < 4.78 is 33.6. The lowest BCUT2D eigenvalue weighted by Crippen LogP contribution is -2.58. The molecule has 1 heterocycles. The minimum absolute atomic E-state index is 0.0652. The van der Waals surface area contributed by atoms with Crippen molar-refractivity contribution >= 4 is 10.1 Å². The van der Waals surface area contributed by atoms with Crippen molar-refractivity contribution in [3.63, 3.8) is 0 Å². The molecule has 0 amide bonds. The van der Waals surface area contributed by atoms with E-state index in [9.17, 15) is 28.8 Å². The van der Waals surface area contributed by atoms with E-state index in [1.54, 1.807) is 19.1 Å². The third kappa shape index (κ3) is 3.63. The van der Waals surface area contributed by atoms with Gasteiger partial charge in [-0.15, -0.1) is 0 Å². The van der Waals surface area contributed by atoms with Gasteiger partial charge >= 0.3 is 0 Å². The largest absolute Gasteiger partial charge is 0.387 e. The molecule has 1 aliphatic heterocycles. The van der Waals surface area contributed by atoms with Gasteiger partial charge in [0.05, 0.1) is 11.5 Å². The molecule has 0 bridgehead atoms. The average molecular weight is 334 g/mol. The van der Waals surface area contributed by atoms with E-state index in [1.807, 2.05) is 0 Å². The van der Waals surface area contributed by atoms with Crippen molar-refractivity contribution in [3.05, 3.63) is 29.8 Å². The molecular formula is C13H18O8S. The lowest BCUT2D eigenvalue weighted by molar-refractivity contribution is -0.285. The van der Waals surface area contributed by atoms with Crippen LogP contribution in [-0.2, 0) is 19.0 Å². The van der Waals surface area contributed by atoms with Crippen LogP contribution in [-0.4, -0.2) is 66.2 Å². The molecule has 124 valence electrons. The maximum Gasteiger partial charge on any atom is 0.297 e. The van der Waals surface area contributed by atoms with Gasteiger partial charge < -0.3 is 25.2 Å². The SMILES string of the molecule is Cc1ccc(S(=O)(=O)OC[C@@H]2OC(O)[C@@H](O)[C@H](O)[C@@H]2O)cc1. The highest BCUT2D eigenvalue weighted by Crippen LogP contribution is 2.21. The lowest BCUT2D eigenvalue weighted by Gasteiger charge is -2.37. The Bertz CT molecular complexity index is 599. The lowest BCUT2D eigenvalue weighted by atomic mass is 10.00. The van der Waals surface area contributed by atoms with Crippen LogP contribution in [0.15, 0.2) is 29.2 Å². The van der Waals surface area contributed by atoms with Crippen molar-refractivity contribution in [3.8, 4) is 0 Å².